The molecule has 1 heterocycles. The summed E-state index contributed by atoms with van der Waals surface area (Å²) >= 11 is 1.24. The quantitative estimate of drug-likeness (QED) is 0.495. The van der Waals surface area contributed by atoms with Gasteiger partial charge in [-0.3, -0.25) is 25.0 Å². The van der Waals surface area contributed by atoms with Crippen LogP contribution < -0.4 is 10.1 Å². The molecule has 2 aromatic rings. The molecule has 1 aromatic carbocycles. The van der Waals surface area contributed by atoms with Gasteiger partial charge in [-0.15, -0.1) is 11.3 Å². The number of carbonyl (C=O) groups is 2. The van der Waals surface area contributed by atoms with Crippen LogP contribution in [0.15, 0.2) is 29.8 Å². The van der Waals surface area contributed by atoms with Crippen molar-refractivity contribution in [2.45, 2.75) is 0 Å². The summed E-state index contributed by atoms with van der Waals surface area (Å²) < 4.78 is 5.12. The van der Waals surface area contributed by atoms with E-state index in [1.807, 2.05) is 0 Å². The Hall–Kier alpha value is -2.81. The van der Waals surface area contributed by atoms with Crippen molar-refractivity contribution in [3.8, 4) is 5.75 Å². The summed E-state index contributed by atoms with van der Waals surface area (Å²) in [7, 11) is 0. The highest BCUT2D eigenvalue weighted by Crippen LogP contribution is 2.27. The minimum Gasteiger partial charge on any atom is -0.477 e. The van der Waals surface area contributed by atoms with Crippen LogP contribution in [0, 0.1) is 10.1 Å². The molecule has 0 fully saturated rings. The Balaban J connectivity index is 2.04. The summed E-state index contributed by atoms with van der Waals surface area (Å²) in [5, 5.41) is 15.5. The highest BCUT2D eigenvalue weighted by Gasteiger charge is 2.17. The minimum absolute atomic E-state index is 0.0834. The second-order valence-electron chi connectivity index (χ2n) is 3.78. The summed E-state index contributed by atoms with van der Waals surface area (Å²) in [5.41, 5.74) is -0.220. The second kappa shape index (κ2) is 6.57. The van der Waals surface area contributed by atoms with Crippen LogP contribution in [0.5, 0.6) is 5.75 Å². The van der Waals surface area contributed by atoms with E-state index in [4.69, 9.17) is 4.74 Å². The molecule has 21 heavy (non-hydrogen) atoms. The number of nitro benzene ring substituents is 1. The lowest BCUT2D eigenvalue weighted by atomic mass is 10.2. The van der Waals surface area contributed by atoms with E-state index in [9.17, 15) is 19.7 Å². The fourth-order valence-corrected chi connectivity index (χ4v) is 2.00. The first-order chi connectivity index (χ1) is 10.1. The van der Waals surface area contributed by atoms with Gasteiger partial charge in [-0.1, -0.05) is 0 Å². The Labute approximate surface area is 122 Å². The average Bonchev–Trinajstić information content (AvgIpc) is 2.97. The van der Waals surface area contributed by atoms with Crippen molar-refractivity contribution in [3.63, 3.8) is 0 Å². The van der Waals surface area contributed by atoms with E-state index in [-0.39, 0.29) is 17.0 Å². The monoisotopic (exact) mass is 307 g/mol. The number of aromatic nitrogens is 1. The van der Waals surface area contributed by atoms with Crippen LogP contribution in [0.3, 0.4) is 0 Å². The van der Waals surface area contributed by atoms with Crippen LogP contribution in [0.4, 0.5) is 10.8 Å². The zero-order chi connectivity index (χ0) is 15.2. The van der Waals surface area contributed by atoms with Gasteiger partial charge in [0.25, 0.3) is 5.91 Å². The van der Waals surface area contributed by atoms with Crippen molar-refractivity contribution >= 4 is 34.3 Å². The predicted octanol–water partition coefficient (Wildman–Crippen LogP) is 1.88. The third-order valence-corrected chi connectivity index (χ3v) is 3.04. The number of aldehydes is 1. The summed E-state index contributed by atoms with van der Waals surface area (Å²) in [6.07, 6.45) is 2.02. The van der Waals surface area contributed by atoms with Gasteiger partial charge >= 0.3 is 5.69 Å². The molecule has 0 bridgehead atoms. The number of hydrogen-bond donors (Lipinski definition) is 1. The maximum absolute atomic E-state index is 11.6. The number of benzene rings is 1. The molecule has 1 amide bonds. The second-order valence-corrected chi connectivity index (χ2v) is 4.67. The third-order valence-electron chi connectivity index (χ3n) is 2.35. The van der Waals surface area contributed by atoms with Crippen LogP contribution in [-0.4, -0.2) is 28.7 Å². The predicted molar refractivity (Wildman–Crippen MR) is 74.7 cm³/mol. The Morgan fingerprint density at radius 2 is 2.33 bits per heavy atom. The molecule has 0 saturated heterocycles. The number of rotatable bonds is 6. The van der Waals surface area contributed by atoms with Crippen LogP contribution in [0.2, 0.25) is 0 Å². The molecule has 1 N–H and O–H groups in total. The van der Waals surface area contributed by atoms with Gasteiger partial charge in [0, 0.05) is 23.2 Å². The van der Waals surface area contributed by atoms with Crippen molar-refractivity contribution in [2.24, 2.45) is 0 Å². The maximum atomic E-state index is 11.6. The topological polar surface area (TPSA) is 111 Å². The van der Waals surface area contributed by atoms with Gasteiger partial charge in [0.15, 0.2) is 17.5 Å². The number of nitrogens with one attached hydrogen (secondary N) is 1. The molecule has 9 heteroatoms. The van der Waals surface area contributed by atoms with Crippen molar-refractivity contribution in [3.05, 3.63) is 45.5 Å². The number of hydrogen-bond acceptors (Lipinski definition) is 7. The number of carbonyl (C=O) groups excluding carboxylic acids is 2. The van der Waals surface area contributed by atoms with Gasteiger partial charge in [-0.2, -0.15) is 0 Å². The SMILES string of the molecule is O=Cc1ccc(OCC(=O)Nc2nccs2)c([N+](=O)[O-])c1. The number of ether oxygens (including phenoxy) is 1. The lowest BCUT2D eigenvalue weighted by Crippen LogP contribution is -2.20. The molecule has 0 atom stereocenters. The zero-order valence-electron chi connectivity index (χ0n) is 10.5. The Bertz CT molecular complexity index is 672. The van der Waals surface area contributed by atoms with Crippen molar-refractivity contribution < 1.29 is 19.2 Å². The summed E-state index contributed by atoms with van der Waals surface area (Å²) in [6, 6.07) is 3.73. The first-order valence-electron chi connectivity index (χ1n) is 5.66. The molecule has 0 aliphatic heterocycles. The zero-order valence-corrected chi connectivity index (χ0v) is 11.3. The molecular weight excluding hydrogens is 298 g/mol. The molecule has 0 unspecified atom stereocenters. The molecular formula is C12H9N3O5S. The van der Waals surface area contributed by atoms with Crippen molar-refractivity contribution in [1.29, 1.82) is 0 Å². The van der Waals surface area contributed by atoms with Gasteiger partial charge in [-0.05, 0) is 12.1 Å². The molecule has 0 aliphatic carbocycles. The van der Waals surface area contributed by atoms with E-state index in [2.05, 4.69) is 10.3 Å². The molecule has 108 valence electrons. The number of anilines is 1. The van der Waals surface area contributed by atoms with E-state index in [0.29, 0.717) is 11.4 Å². The number of nitrogens with zero attached hydrogens (tertiary/aromatic N) is 2. The van der Waals surface area contributed by atoms with Crippen LogP contribution in [0.1, 0.15) is 10.4 Å². The highest BCUT2D eigenvalue weighted by molar-refractivity contribution is 7.13. The summed E-state index contributed by atoms with van der Waals surface area (Å²) in [5.74, 6) is -0.571. The standard InChI is InChI=1S/C12H9N3O5S/c16-6-8-1-2-10(9(5-8)15(18)19)20-7-11(17)14-12-13-3-4-21-12/h1-6H,7H2,(H,13,14,17). The third kappa shape index (κ3) is 3.83. The van der Waals surface area contributed by atoms with Gasteiger partial charge in [-0.25, -0.2) is 4.98 Å². The summed E-state index contributed by atoms with van der Waals surface area (Å²) in [6.45, 7) is -0.402. The largest absolute Gasteiger partial charge is 0.477 e. The number of thiazole rings is 1. The molecule has 0 saturated carbocycles. The highest BCUT2D eigenvalue weighted by atomic mass is 32.1. The van der Waals surface area contributed by atoms with Crippen LogP contribution in [0.25, 0.3) is 0 Å². The molecule has 2 rings (SSSR count). The Kier molecular flexibility index (Phi) is 4.57. The normalized spacial score (nSPS) is 9.90. The van der Waals surface area contributed by atoms with Gasteiger partial charge in [0.05, 0.1) is 4.92 Å². The van der Waals surface area contributed by atoms with E-state index in [1.54, 1.807) is 5.38 Å². The fourth-order valence-electron chi connectivity index (χ4n) is 1.46. The molecule has 0 spiro atoms. The molecule has 0 aliphatic rings. The lowest BCUT2D eigenvalue weighted by molar-refractivity contribution is -0.385. The number of amides is 1. The minimum atomic E-state index is -0.680. The molecule has 1 aromatic heterocycles. The van der Waals surface area contributed by atoms with Gasteiger partial charge < -0.3 is 4.74 Å². The van der Waals surface area contributed by atoms with E-state index < -0.39 is 17.4 Å². The first kappa shape index (κ1) is 14.6. The number of nitro groups is 1. The first-order valence-corrected chi connectivity index (χ1v) is 6.54. The van der Waals surface area contributed by atoms with Gasteiger partial charge in [0.2, 0.25) is 0 Å². The van der Waals surface area contributed by atoms with Gasteiger partial charge in [0.1, 0.15) is 6.29 Å². The summed E-state index contributed by atoms with van der Waals surface area (Å²) in [4.78, 5) is 36.3. The Morgan fingerprint density at radius 1 is 1.52 bits per heavy atom. The molecule has 8 nitrogen and oxygen atoms in total. The van der Waals surface area contributed by atoms with E-state index in [0.717, 1.165) is 6.07 Å². The molecule has 0 radical (unpaired) electrons. The smallest absolute Gasteiger partial charge is 0.311 e. The maximum Gasteiger partial charge on any atom is 0.311 e. The Morgan fingerprint density at radius 3 is 2.95 bits per heavy atom. The van der Waals surface area contributed by atoms with E-state index in [1.165, 1.54) is 29.7 Å². The van der Waals surface area contributed by atoms with Crippen molar-refractivity contribution in [2.75, 3.05) is 11.9 Å². The van der Waals surface area contributed by atoms with Crippen LogP contribution >= 0.6 is 11.3 Å². The fraction of sp³-hybridized carbons (Fsp3) is 0.0833. The van der Waals surface area contributed by atoms with E-state index >= 15 is 0 Å². The van der Waals surface area contributed by atoms with Crippen molar-refractivity contribution in [1.82, 2.24) is 4.98 Å². The lowest BCUT2D eigenvalue weighted by Gasteiger charge is -2.06. The average molecular weight is 307 g/mol. The van der Waals surface area contributed by atoms with Crippen LogP contribution in [-0.2, 0) is 4.79 Å².